The first kappa shape index (κ1) is 18.0. The van der Waals surface area contributed by atoms with Gasteiger partial charge in [0, 0.05) is 19.0 Å². The van der Waals surface area contributed by atoms with Crippen LogP contribution in [0.1, 0.15) is 33.3 Å². The molecule has 0 aromatic heterocycles. The molecule has 0 bridgehead atoms. The third-order valence-electron chi connectivity index (χ3n) is 3.49. The zero-order chi connectivity index (χ0) is 16.7. The SMILES string of the molecule is CCNC(=O)C(C)N(Cc1ccc(OC)cc1)C(=O)C(C)C. The van der Waals surface area contributed by atoms with E-state index in [4.69, 9.17) is 4.74 Å². The van der Waals surface area contributed by atoms with Crippen LogP contribution in [0.25, 0.3) is 0 Å². The van der Waals surface area contributed by atoms with E-state index in [9.17, 15) is 9.59 Å². The summed E-state index contributed by atoms with van der Waals surface area (Å²) in [6, 6.07) is 7.01. The third kappa shape index (κ3) is 4.76. The first-order valence-electron chi connectivity index (χ1n) is 7.61. The molecular formula is C17H26N2O3. The summed E-state index contributed by atoms with van der Waals surface area (Å²) < 4.78 is 5.13. The van der Waals surface area contributed by atoms with E-state index in [1.807, 2.05) is 45.0 Å². The monoisotopic (exact) mass is 306 g/mol. The highest BCUT2D eigenvalue weighted by Gasteiger charge is 2.27. The van der Waals surface area contributed by atoms with Crippen molar-refractivity contribution in [3.05, 3.63) is 29.8 Å². The van der Waals surface area contributed by atoms with Gasteiger partial charge in [0.2, 0.25) is 11.8 Å². The summed E-state index contributed by atoms with van der Waals surface area (Å²) in [6.07, 6.45) is 0. The van der Waals surface area contributed by atoms with Crippen molar-refractivity contribution in [2.24, 2.45) is 5.92 Å². The van der Waals surface area contributed by atoms with Crippen molar-refractivity contribution < 1.29 is 14.3 Å². The van der Waals surface area contributed by atoms with E-state index in [1.165, 1.54) is 0 Å². The molecule has 122 valence electrons. The fourth-order valence-electron chi connectivity index (χ4n) is 2.13. The van der Waals surface area contributed by atoms with Crippen LogP contribution in [-0.4, -0.2) is 36.4 Å². The maximum atomic E-state index is 12.4. The van der Waals surface area contributed by atoms with E-state index in [0.717, 1.165) is 11.3 Å². The summed E-state index contributed by atoms with van der Waals surface area (Å²) in [4.78, 5) is 26.1. The zero-order valence-corrected chi connectivity index (χ0v) is 14.1. The lowest BCUT2D eigenvalue weighted by Gasteiger charge is -2.30. The minimum atomic E-state index is -0.503. The number of amides is 2. The molecule has 0 aliphatic carbocycles. The summed E-state index contributed by atoms with van der Waals surface area (Å²) in [5.74, 6) is 0.442. The molecule has 1 rings (SSSR count). The molecule has 5 nitrogen and oxygen atoms in total. The summed E-state index contributed by atoms with van der Waals surface area (Å²) >= 11 is 0. The summed E-state index contributed by atoms with van der Waals surface area (Å²) in [5, 5.41) is 2.77. The Balaban J connectivity index is 2.94. The maximum Gasteiger partial charge on any atom is 0.242 e. The first-order chi connectivity index (χ1) is 10.4. The molecule has 1 atom stereocenters. The number of hydrogen-bond donors (Lipinski definition) is 1. The van der Waals surface area contributed by atoms with E-state index in [-0.39, 0.29) is 17.7 Å². The van der Waals surface area contributed by atoms with Gasteiger partial charge in [0.05, 0.1) is 7.11 Å². The van der Waals surface area contributed by atoms with Gasteiger partial charge in [-0.15, -0.1) is 0 Å². The molecule has 2 amide bonds. The molecule has 0 saturated heterocycles. The minimum absolute atomic E-state index is 0.0328. The van der Waals surface area contributed by atoms with Crippen molar-refractivity contribution in [3.63, 3.8) is 0 Å². The second kappa shape index (κ2) is 8.41. The van der Waals surface area contributed by atoms with Crippen LogP contribution in [0.2, 0.25) is 0 Å². The Labute approximate surface area is 132 Å². The van der Waals surface area contributed by atoms with Crippen molar-refractivity contribution in [2.75, 3.05) is 13.7 Å². The molecule has 0 aliphatic heterocycles. The molecule has 1 N–H and O–H groups in total. The molecule has 0 spiro atoms. The molecule has 1 unspecified atom stereocenters. The Morgan fingerprint density at radius 2 is 1.77 bits per heavy atom. The van der Waals surface area contributed by atoms with Gasteiger partial charge >= 0.3 is 0 Å². The molecule has 5 heteroatoms. The second-order valence-corrected chi connectivity index (χ2v) is 5.54. The number of carbonyl (C=O) groups excluding carboxylic acids is 2. The standard InChI is InChI=1S/C17H26N2O3/c1-6-18-16(20)13(4)19(17(21)12(2)3)11-14-7-9-15(22-5)10-8-14/h7-10,12-13H,6,11H2,1-5H3,(H,18,20). The number of nitrogens with zero attached hydrogens (tertiary/aromatic N) is 1. The van der Waals surface area contributed by atoms with Gasteiger partial charge in [-0.2, -0.15) is 0 Å². The number of methoxy groups -OCH3 is 1. The predicted molar refractivity (Wildman–Crippen MR) is 86.5 cm³/mol. The summed E-state index contributed by atoms with van der Waals surface area (Å²) in [7, 11) is 1.61. The van der Waals surface area contributed by atoms with Crippen LogP contribution < -0.4 is 10.1 Å². The van der Waals surface area contributed by atoms with Crippen molar-refractivity contribution in [3.8, 4) is 5.75 Å². The average molecular weight is 306 g/mol. The van der Waals surface area contributed by atoms with Gasteiger partial charge in [0.15, 0.2) is 0 Å². The molecule has 1 aromatic rings. The number of carbonyl (C=O) groups is 2. The van der Waals surface area contributed by atoms with Gasteiger partial charge < -0.3 is 15.0 Å². The fraction of sp³-hybridized carbons (Fsp3) is 0.529. The van der Waals surface area contributed by atoms with Crippen LogP contribution >= 0.6 is 0 Å². The number of hydrogen-bond acceptors (Lipinski definition) is 3. The molecule has 1 aromatic carbocycles. The molecule has 0 saturated carbocycles. The van der Waals surface area contributed by atoms with E-state index >= 15 is 0 Å². The lowest BCUT2D eigenvalue weighted by Crippen LogP contribution is -2.48. The van der Waals surface area contributed by atoms with Crippen molar-refractivity contribution in [1.82, 2.24) is 10.2 Å². The number of ether oxygens (including phenoxy) is 1. The van der Waals surface area contributed by atoms with Crippen molar-refractivity contribution >= 4 is 11.8 Å². The van der Waals surface area contributed by atoms with Crippen LogP contribution in [0.4, 0.5) is 0 Å². The van der Waals surface area contributed by atoms with Gasteiger partial charge in [0.25, 0.3) is 0 Å². The van der Waals surface area contributed by atoms with Crippen molar-refractivity contribution in [1.29, 1.82) is 0 Å². The predicted octanol–water partition coefficient (Wildman–Crippen LogP) is 2.20. The molecule has 0 radical (unpaired) electrons. The number of benzene rings is 1. The Morgan fingerprint density at radius 1 is 1.18 bits per heavy atom. The topological polar surface area (TPSA) is 58.6 Å². The zero-order valence-electron chi connectivity index (χ0n) is 14.1. The van der Waals surface area contributed by atoms with E-state index < -0.39 is 6.04 Å². The smallest absolute Gasteiger partial charge is 0.242 e. The van der Waals surface area contributed by atoms with Crippen LogP contribution in [0.5, 0.6) is 5.75 Å². The molecule has 0 heterocycles. The van der Waals surface area contributed by atoms with Gasteiger partial charge in [-0.25, -0.2) is 0 Å². The average Bonchev–Trinajstić information content (AvgIpc) is 2.52. The number of rotatable bonds is 7. The second-order valence-electron chi connectivity index (χ2n) is 5.54. The molecule has 0 fully saturated rings. The van der Waals surface area contributed by atoms with Gasteiger partial charge in [0.1, 0.15) is 11.8 Å². The highest BCUT2D eigenvalue weighted by atomic mass is 16.5. The Bertz CT molecular complexity index is 497. The maximum absolute atomic E-state index is 12.4. The van der Waals surface area contributed by atoms with Crippen molar-refractivity contribution in [2.45, 2.75) is 40.3 Å². The molecule has 22 heavy (non-hydrogen) atoms. The van der Waals surface area contributed by atoms with E-state index in [1.54, 1.807) is 18.9 Å². The largest absolute Gasteiger partial charge is 0.497 e. The van der Waals surface area contributed by atoms with Crippen LogP contribution in [-0.2, 0) is 16.1 Å². The van der Waals surface area contributed by atoms with Gasteiger partial charge in [-0.05, 0) is 31.5 Å². The van der Waals surface area contributed by atoms with Crippen LogP contribution in [0, 0.1) is 5.92 Å². The number of likely N-dealkylation sites (N-methyl/N-ethyl adjacent to an activating group) is 1. The van der Waals surface area contributed by atoms with Crippen LogP contribution in [0.15, 0.2) is 24.3 Å². The van der Waals surface area contributed by atoms with Gasteiger partial charge in [-0.3, -0.25) is 9.59 Å². The van der Waals surface area contributed by atoms with Crippen LogP contribution in [0.3, 0.4) is 0 Å². The Hall–Kier alpha value is -2.04. The lowest BCUT2D eigenvalue weighted by molar-refractivity contribution is -0.143. The Kier molecular flexibility index (Phi) is 6.89. The van der Waals surface area contributed by atoms with E-state index in [0.29, 0.717) is 13.1 Å². The first-order valence-corrected chi connectivity index (χ1v) is 7.61. The number of nitrogens with one attached hydrogen (secondary N) is 1. The highest BCUT2D eigenvalue weighted by Crippen LogP contribution is 2.16. The normalized spacial score (nSPS) is 11.9. The quantitative estimate of drug-likeness (QED) is 0.840. The van der Waals surface area contributed by atoms with Gasteiger partial charge in [-0.1, -0.05) is 26.0 Å². The minimum Gasteiger partial charge on any atom is -0.497 e. The fourth-order valence-corrected chi connectivity index (χ4v) is 2.13. The Morgan fingerprint density at radius 3 is 2.23 bits per heavy atom. The highest BCUT2D eigenvalue weighted by molar-refractivity contribution is 5.88. The lowest BCUT2D eigenvalue weighted by atomic mass is 10.1. The summed E-state index contributed by atoms with van der Waals surface area (Å²) in [6.45, 7) is 8.26. The summed E-state index contributed by atoms with van der Waals surface area (Å²) in [5.41, 5.74) is 0.964. The third-order valence-corrected chi connectivity index (χ3v) is 3.49. The molecule has 0 aliphatic rings. The molecular weight excluding hydrogens is 280 g/mol. The van der Waals surface area contributed by atoms with E-state index in [2.05, 4.69) is 5.32 Å².